The van der Waals surface area contributed by atoms with Crippen molar-refractivity contribution in [2.24, 2.45) is 0 Å². The normalized spacial score (nSPS) is 10.7. The number of carbonyl (C=O) groups excluding carboxylic acids is 1. The van der Waals surface area contributed by atoms with Crippen LogP contribution >= 0.6 is 11.8 Å². The van der Waals surface area contributed by atoms with Gasteiger partial charge in [0.15, 0.2) is 0 Å². The minimum Gasteiger partial charge on any atom is -0.361 e. The van der Waals surface area contributed by atoms with Gasteiger partial charge in [-0.1, -0.05) is 36.4 Å². The van der Waals surface area contributed by atoms with Gasteiger partial charge in [0.05, 0.1) is 5.75 Å². The minimum atomic E-state index is 0.0775. The fourth-order valence-electron chi connectivity index (χ4n) is 2.39. The second-order valence-corrected chi connectivity index (χ2v) is 6.11. The molecule has 0 aliphatic heterocycles. The molecule has 2 N–H and O–H groups in total. The van der Waals surface area contributed by atoms with E-state index in [2.05, 4.69) is 22.4 Å². The van der Waals surface area contributed by atoms with E-state index >= 15 is 0 Å². The lowest BCUT2D eigenvalue weighted by molar-refractivity contribution is -0.118. The maximum Gasteiger partial charge on any atom is 0.230 e. The molecule has 0 radical (unpaired) electrons. The predicted molar refractivity (Wildman–Crippen MR) is 92.2 cm³/mol. The zero-order valence-corrected chi connectivity index (χ0v) is 13.0. The first kappa shape index (κ1) is 14.7. The van der Waals surface area contributed by atoms with E-state index in [9.17, 15) is 4.79 Å². The molecule has 2 aromatic carbocycles. The molecule has 4 heteroatoms. The van der Waals surface area contributed by atoms with E-state index in [-0.39, 0.29) is 5.91 Å². The summed E-state index contributed by atoms with van der Waals surface area (Å²) in [5.41, 5.74) is 2.38. The summed E-state index contributed by atoms with van der Waals surface area (Å²) in [5, 5.41) is 4.21. The van der Waals surface area contributed by atoms with Crippen LogP contribution in [0.5, 0.6) is 0 Å². The maximum absolute atomic E-state index is 11.9. The van der Waals surface area contributed by atoms with E-state index in [0.29, 0.717) is 12.3 Å². The van der Waals surface area contributed by atoms with Gasteiger partial charge >= 0.3 is 0 Å². The van der Waals surface area contributed by atoms with Crippen LogP contribution in [0, 0.1) is 0 Å². The number of aromatic amines is 1. The number of amides is 1. The van der Waals surface area contributed by atoms with E-state index < -0.39 is 0 Å². The van der Waals surface area contributed by atoms with Crippen molar-refractivity contribution in [3.63, 3.8) is 0 Å². The molecule has 3 nitrogen and oxygen atoms in total. The molecule has 3 aromatic rings. The molecule has 1 amide bonds. The molecule has 0 saturated carbocycles. The fourth-order valence-corrected chi connectivity index (χ4v) is 3.14. The fraction of sp³-hybridized carbons (Fsp3) is 0.167. The molecule has 0 unspecified atom stereocenters. The van der Waals surface area contributed by atoms with Crippen LogP contribution in [-0.2, 0) is 11.2 Å². The van der Waals surface area contributed by atoms with Gasteiger partial charge in [0.25, 0.3) is 0 Å². The van der Waals surface area contributed by atoms with E-state index in [1.807, 2.05) is 48.7 Å². The minimum absolute atomic E-state index is 0.0775. The number of nitrogens with one attached hydrogen (secondary N) is 2. The highest BCUT2D eigenvalue weighted by molar-refractivity contribution is 8.00. The van der Waals surface area contributed by atoms with Gasteiger partial charge in [-0.3, -0.25) is 4.79 Å². The Morgan fingerprint density at radius 2 is 1.82 bits per heavy atom. The van der Waals surface area contributed by atoms with Crippen molar-refractivity contribution in [2.75, 3.05) is 12.3 Å². The Bertz CT molecular complexity index is 752. The number of benzene rings is 2. The SMILES string of the molecule is O=C(CSc1ccccc1)NCCc1c[nH]c2ccccc12. The number of aromatic nitrogens is 1. The van der Waals surface area contributed by atoms with Gasteiger partial charge in [0.2, 0.25) is 5.91 Å². The van der Waals surface area contributed by atoms with Crippen LogP contribution in [-0.4, -0.2) is 23.2 Å². The second-order valence-electron chi connectivity index (χ2n) is 5.06. The lowest BCUT2D eigenvalue weighted by atomic mass is 10.1. The first-order valence-corrected chi connectivity index (χ1v) is 8.31. The van der Waals surface area contributed by atoms with Gasteiger partial charge in [-0.05, 0) is 30.2 Å². The highest BCUT2D eigenvalue weighted by Gasteiger charge is 2.05. The number of H-pyrrole nitrogens is 1. The zero-order valence-electron chi connectivity index (χ0n) is 12.2. The predicted octanol–water partition coefficient (Wildman–Crippen LogP) is 3.62. The number of para-hydroxylation sites is 1. The summed E-state index contributed by atoms with van der Waals surface area (Å²) < 4.78 is 0. The number of fused-ring (bicyclic) bond motifs is 1. The van der Waals surface area contributed by atoms with E-state index in [0.717, 1.165) is 16.8 Å². The topological polar surface area (TPSA) is 44.9 Å². The van der Waals surface area contributed by atoms with Gasteiger partial charge in [0, 0.05) is 28.5 Å². The molecule has 0 spiro atoms. The number of carbonyl (C=O) groups is 1. The Labute approximate surface area is 134 Å². The molecule has 1 aromatic heterocycles. The van der Waals surface area contributed by atoms with Crippen molar-refractivity contribution in [1.82, 2.24) is 10.3 Å². The molecule has 0 fully saturated rings. The quantitative estimate of drug-likeness (QED) is 0.683. The largest absolute Gasteiger partial charge is 0.361 e. The lowest BCUT2D eigenvalue weighted by Gasteiger charge is -2.05. The number of hydrogen-bond acceptors (Lipinski definition) is 2. The van der Waals surface area contributed by atoms with Crippen LogP contribution in [0.15, 0.2) is 65.7 Å². The molecule has 0 aliphatic carbocycles. The number of rotatable bonds is 6. The van der Waals surface area contributed by atoms with Crippen LogP contribution in [0.1, 0.15) is 5.56 Å². The Hall–Kier alpha value is -2.20. The highest BCUT2D eigenvalue weighted by atomic mass is 32.2. The van der Waals surface area contributed by atoms with Crippen LogP contribution in [0.2, 0.25) is 0 Å². The van der Waals surface area contributed by atoms with Gasteiger partial charge in [0.1, 0.15) is 0 Å². The van der Waals surface area contributed by atoms with Gasteiger partial charge in [-0.15, -0.1) is 11.8 Å². The average Bonchev–Trinajstić information content (AvgIpc) is 2.97. The standard InChI is InChI=1S/C18H18N2OS/c21-18(13-22-15-6-2-1-3-7-15)19-11-10-14-12-20-17-9-5-4-8-16(14)17/h1-9,12,20H,10-11,13H2,(H,19,21). The van der Waals surface area contributed by atoms with E-state index in [1.165, 1.54) is 10.9 Å². The third-order valence-electron chi connectivity index (χ3n) is 3.50. The Morgan fingerprint density at radius 1 is 1.05 bits per heavy atom. The van der Waals surface area contributed by atoms with Crippen molar-refractivity contribution in [1.29, 1.82) is 0 Å². The molecular weight excluding hydrogens is 292 g/mol. The van der Waals surface area contributed by atoms with Crippen molar-refractivity contribution in [3.05, 3.63) is 66.4 Å². The molecule has 0 saturated heterocycles. The van der Waals surface area contributed by atoms with Crippen LogP contribution in [0.25, 0.3) is 10.9 Å². The smallest absolute Gasteiger partial charge is 0.230 e. The van der Waals surface area contributed by atoms with Crippen molar-refractivity contribution in [3.8, 4) is 0 Å². The molecule has 0 atom stereocenters. The molecule has 112 valence electrons. The lowest BCUT2D eigenvalue weighted by Crippen LogP contribution is -2.27. The molecule has 22 heavy (non-hydrogen) atoms. The molecule has 1 heterocycles. The summed E-state index contributed by atoms with van der Waals surface area (Å²) >= 11 is 1.56. The number of hydrogen-bond donors (Lipinski definition) is 2. The van der Waals surface area contributed by atoms with Crippen LogP contribution in [0.4, 0.5) is 0 Å². The van der Waals surface area contributed by atoms with Gasteiger partial charge in [-0.25, -0.2) is 0 Å². The van der Waals surface area contributed by atoms with Crippen molar-refractivity contribution < 1.29 is 4.79 Å². The monoisotopic (exact) mass is 310 g/mol. The molecule has 0 bridgehead atoms. The Morgan fingerprint density at radius 3 is 2.68 bits per heavy atom. The van der Waals surface area contributed by atoms with Crippen molar-refractivity contribution >= 4 is 28.6 Å². The summed E-state index contributed by atoms with van der Waals surface area (Å²) in [6, 6.07) is 18.2. The zero-order chi connectivity index (χ0) is 15.2. The van der Waals surface area contributed by atoms with Crippen LogP contribution in [0.3, 0.4) is 0 Å². The summed E-state index contributed by atoms with van der Waals surface area (Å²) in [6.07, 6.45) is 2.86. The van der Waals surface area contributed by atoms with E-state index in [1.54, 1.807) is 11.8 Å². The Kier molecular flexibility index (Phi) is 4.81. The number of thioether (sulfide) groups is 1. The van der Waals surface area contributed by atoms with Crippen molar-refractivity contribution in [2.45, 2.75) is 11.3 Å². The van der Waals surface area contributed by atoms with Gasteiger partial charge < -0.3 is 10.3 Å². The molecule has 0 aliphatic rings. The second kappa shape index (κ2) is 7.18. The highest BCUT2D eigenvalue weighted by Crippen LogP contribution is 2.18. The van der Waals surface area contributed by atoms with E-state index in [4.69, 9.17) is 0 Å². The maximum atomic E-state index is 11.9. The van der Waals surface area contributed by atoms with Crippen LogP contribution < -0.4 is 5.32 Å². The Balaban J connectivity index is 1.45. The first-order chi connectivity index (χ1) is 10.8. The summed E-state index contributed by atoms with van der Waals surface area (Å²) in [7, 11) is 0. The molecule has 3 rings (SSSR count). The van der Waals surface area contributed by atoms with Gasteiger partial charge in [-0.2, -0.15) is 0 Å². The first-order valence-electron chi connectivity index (χ1n) is 7.32. The third-order valence-corrected chi connectivity index (χ3v) is 4.52. The molecular formula is C18H18N2OS. The summed E-state index contributed by atoms with van der Waals surface area (Å²) in [6.45, 7) is 0.663. The average molecular weight is 310 g/mol. The summed E-state index contributed by atoms with van der Waals surface area (Å²) in [5.74, 6) is 0.534. The third kappa shape index (κ3) is 3.71. The summed E-state index contributed by atoms with van der Waals surface area (Å²) in [4.78, 5) is 16.2.